The molecule has 1 saturated carbocycles. The Morgan fingerprint density at radius 1 is 1.21 bits per heavy atom. The number of nitrogens with zero attached hydrogens (tertiary/aromatic N) is 1. The summed E-state index contributed by atoms with van der Waals surface area (Å²) in [5, 5.41) is 3.70. The molecule has 2 heteroatoms. The van der Waals surface area contributed by atoms with Crippen molar-refractivity contribution >= 4 is 0 Å². The molecule has 2 unspecified atom stereocenters. The Morgan fingerprint density at radius 2 is 1.95 bits per heavy atom. The molecular weight excluding hydrogens is 232 g/mol. The molecule has 2 aliphatic rings. The molecule has 2 fully saturated rings. The van der Waals surface area contributed by atoms with Gasteiger partial charge in [-0.25, -0.2) is 0 Å². The van der Waals surface area contributed by atoms with E-state index in [2.05, 4.69) is 31.0 Å². The monoisotopic (exact) mass is 266 g/mol. The van der Waals surface area contributed by atoms with Crippen molar-refractivity contribution < 1.29 is 0 Å². The lowest BCUT2D eigenvalue weighted by Gasteiger charge is -2.42. The molecule has 19 heavy (non-hydrogen) atoms. The highest BCUT2D eigenvalue weighted by atomic mass is 15.2. The highest BCUT2D eigenvalue weighted by molar-refractivity contribution is 4.91. The molecular formula is C17H34N2. The van der Waals surface area contributed by atoms with Crippen molar-refractivity contribution in [3.05, 3.63) is 0 Å². The molecule has 0 aromatic heterocycles. The maximum atomic E-state index is 3.70. The van der Waals surface area contributed by atoms with E-state index in [0.29, 0.717) is 5.41 Å². The van der Waals surface area contributed by atoms with E-state index < -0.39 is 0 Å². The van der Waals surface area contributed by atoms with Crippen LogP contribution in [0.3, 0.4) is 0 Å². The average Bonchev–Trinajstić information content (AvgIpc) is 2.82. The molecule has 0 spiro atoms. The molecule has 1 heterocycles. The second-order valence-corrected chi connectivity index (χ2v) is 7.33. The first kappa shape index (κ1) is 15.3. The van der Waals surface area contributed by atoms with Crippen molar-refractivity contribution in [1.29, 1.82) is 0 Å². The second-order valence-electron chi connectivity index (χ2n) is 7.33. The molecule has 0 aromatic rings. The molecule has 0 amide bonds. The molecule has 1 saturated heterocycles. The van der Waals surface area contributed by atoms with Gasteiger partial charge in [-0.05, 0) is 63.5 Å². The van der Waals surface area contributed by atoms with Gasteiger partial charge in [-0.15, -0.1) is 0 Å². The van der Waals surface area contributed by atoms with Gasteiger partial charge in [0.05, 0.1) is 0 Å². The first-order valence-electron chi connectivity index (χ1n) is 8.60. The van der Waals surface area contributed by atoms with Gasteiger partial charge < -0.3 is 10.2 Å². The number of hydrogen-bond donors (Lipinski definition) is 1. The Bertz CT molecular complexity index is 258. The number of nitrogens with one attached hydrogen (secondary N) is 1. The molecule has 0 aromatic carbocycles. The Balaban J connectivity index is 1.88. The molecule has 0 radical (unpaired) electrons. The highest BCUT2D eigenvalue weighted by Crippen LogP contribution is 2.39. The summed E-state index contributed by atoms with van der Waals surface area (Å²) >= 11 is 0. The largest absolute Gasteiger partial charge is 0.316 e. The number of rotatable bonds is 6. The highest BCUT2D eigenvalue weighted by Gasteiger charge is 2.37. The van der Waals surface area contributed by atoms with Gasteiger partial charge in [0, 0.05) is 19.1 Å². The van der Waals surface area contributed by atoms with Crippen LogP contribution in [0.1, 0.15) is 65.7 Å². The van der Waals surface area contributed by atoms with E-state index in [4.69, 9.17) is 0 Å². The Morgan fingerprint density at radius 3 is 2.58 bits per heavy atom. The summed E-state index contributed by atoms with van der Waals surface area (Å²) in [6.45, 7) is 12.2. The van der Waals surface area contributed by atoms with Crippen LogP contribution in [-0.4, -0.2) is 37.1 Å². The standard InChI is InChI=1S/C17H34N2/c1-4-10-18-13-17(8-5-6-9-17)14-19-11-7-15(2)12-16(19)3/h15-16,18H,4-14H2,1-3H3. The summed E-state index contributed by atoms with van der Waals surface area (Å²) in [7, 11) is 0. The smallest absolute Gasteiger partial charge is 0.00697 e. The number of hydrogen-bond acceptors (Lipinski definition) is 2. The Kier molecular flexibility index (Phi) is 5.70. The van der Waals surface area contributed by atoms with Crippen LogP contribution in [0, 0.1) is 11.3 Å². The molecule has 2 rings (SSSR count). The van der Waals surface area contributed by atoms with Gasteiger partial charge in [0.2, 0.25) is 0 Å². The van der Waals surface area contributed by atoms with Crippen LogP contribution in [-0.2, 0) is 0 Å². The van der Waals surface area contributed by atoms with E-state index in [1.165, 1.54) is 71.1 Å². The maximum Gasteiger partial charge on any atom is 0.00697 e. The zero-order valence-corrected chi connectivity index (χ0v) is 13.4. The Labute approximate surface area is 120 Å². The lowest BCUT2D eigenvalue weighted by molar-refractivity contribution is 0.0716. The van der Waals surface area contributed by atoms with Crippen molar-refractivity contribution in [2.24, 2.45) is 11.3 Å². The first-order chi connectivity index (χ1) is 9.15. The topological polar surface area (TPSA) is 15.3 Å². The number of piperidine rings is 1. The third-order valence-electron chi connectivity index (χ3n) is 5.41. The first-order valence-corrected chi connectivity index (χ1v) is 8.60. The van der Waals surface area contributed by atoms with E-state index in [9.17, 15) is 0 Å². The van der Waals surface area contributed by atoms with Crippen LogP contribution in [0.25, 0.3) is 0 Å². The van der Waals surface area contributed by atoms with Crippen LogP contribution < -0.4 is 5.32 Å². The minimum absolute atomic E-state index is 0.587. The molecule has 1 aliphatic carbocycles. The SMILES string of the molecule is CCCNCC1(CN2CCC(C)CC2C)CCCC1. The van der Waals surface area contributed by atoms with Gasteiger partial charge >= 0.3 is 0 Å². The van der Waals surface area contributed by atoms with E-state index in [-0.39, 0.29) is 0 Å². The maximum absolute atomic E-state index is 3.70. The third-order valence-corrected chi connectivity index (χ3v) is 5.41. The van der Waals surface area contributed by atoms with E-state index in [1.807, 2.05) is 0 Å². The molecule has 1 N–H and O–H groups in total. The van der Waals surface area contributed by atoms with E-state index in [0.717, 1.165) is 12.0 Å². The van der Waals surface area contributed by atoms with Crippen LogP contribution in [0.15, 0.2) is 0 Å². The zero-order chi connectivity index (χ0) is 13.7. The molecule has 1 aliphatic heterocycles. The summed E-state index contributed by atoms with van der Waals surface area (Å²) < 4.78 is 0. The fourth-order valence-electron chi connectivity index (χ4n) is 4.17. The summed E-state index contributed by atoms with van der Waals surface area (Å²) in [4.78, 5) is 2.79. The summed E-state index contributed by atoms with van der Waals surface area (Å²) in [6.07, 6.45) is 9.86. The van der Waals surface area contributed by atoms with Gasteiger partial charge in [-0.1, -0.05) is 26.7 Å². The normalized spacial score (nSPS) is 31.7. The summed E-state index contributed by atoms with van der Waals surface area (Å²) in [5.74, 6) is 0.934. The van der Waals surface area contributed by atoms with Gasteiger partial charge in [0.1, 0.15) is 0 Å². The molecule has 2 nitrogen and oxygen atoms in total. The third kappa shape index (κ3) is 4.19. The fourth-order valence-corrected chi connectivity index (χ4v) is 4.17. The van der Waals surface area contributed by atoms with Crippen LogP contribution in [0.5, 0.6) is 0 Å². The van der Waals surface area contributed by atoms with Crippen molar-refractivity contribution in [3.8, 4) is 0 Å². The van der Waals surface area contributed by atoms with Gasteiger partial charge in [-0.2, -0.15) is 0 Å². The fraction of sp³-hybridized carbons (Fsp3) is 1.00. The lowest BCUT2D eigenvalue weighted by atomic mass is 9.83. The quantitative estimate of drug-likeness (QED) is 0.738. The van der Waals surface area contributed by atoms with Gasteiger partial charge in [-0.3, -0.25) is 0 Å². The van der Waals surface area contributed by atoms with Gasteiger partial charge in [0.25, 0.3) is 0 Å². The van der Waals surface area contributed by atoms with Crippen LogP contribution >= 0.6 is 0 Å². The van der Waals surface area contributed by atoms with Crippen molar-refractivity contribution in [2.75, 3.05) is 26.2 Å². The minimum atomic E-state index is 0.587. The lowest BCUT2D eigenvalue weighted by Crippen LogP contribution is -2.48. The predicted molar refractivity (Wildman–Crippen MR) is 83.5 cm³/mol. The molecule has 0 bridgehead atoms. The minimum Gasteiger partial charge on any atom is -0.316 e. The second kappa shape index (κ2) is 7.08. The zero-order valence-electron chi connectivity index (χ0n) is 13.4. The summed E-state index contributed by atoms with van der Waals surface area (Å²) in [6, 6.07) is 0.799. The molecule has 112 valence electrons. The van der Waals surface area contributed by atoms with Crippen molar-refractivity contribution in [3.63, 3.8) is 0 Å². The van der Waals surface area contributed by atoms with Crippen molar-refractivity contribution in [2.45, 2.75) is 71.8 Å². The van der Waals surface area contributed by atoms with Crippen molar-refractivity contribution in [1.82, 2.24) is 10.2 Å². The Hall–Kier alpha value is -0.0800. The van der Waals surface area contributed by atoms with Crippen LogP contribution in [0.4, 0.5) is 0 Å². The van der Waals surface area contributed by atoms with Gasteiger partial charge in [0.15, 0.2) is 0 Å². The van der Waals surface area contributed by atoms with E-state index >= 15 is 0 Å². The number of likely N-dealkylation sites (tertiary alicyclic amines) is 1. The summed E-state index contributed by atoms with van der Waals surface area (Å²) in [5.41, 5.74) is 0.587. The molecule has 2 atom stereocenters. The van der Waals surface area contributed by atoms with Crippen LogP contribution in [0.2, 0.25) is 0 Å². The van der Waals surface area contributed by atoms with E-state index in [1.54, 1.807) is 0 Å². The predicted octanol–water partition coefficient (Wildman–Crippen LogP) is 3.67. The average molecular weight is 266 g/mol.